The summed E-state index contributed by atoms with van der Waals surface area (Å²) in [5.74, 6) is 0.449. The quantitative estimate of drug-likeness (QED) is 0.641. The maximum absolute atomic E-state index is 11.5. The third-order valence-corrected chi connectivity index (χ3v) is 3.51. The molecule has 20 heavy (non-hydrogen) atoms. The van der Waals surface area contributed by atoms with Gasteiger partial charge in [0.1, 0.15) is 16.5 Å². The van der Waals surface area contributed by atoms with Crippen molar-refractivity contribution in [1.82, 2.24) is 10.3 Å². The summed E-state index contributed by atoms with van der Waals surface area (Å²) in [4.78, 5) is 19.8. The average molecular weight is 287 g/mol. The molecule has 6 nitrogen and oxygen atoms in total. The molecule has 0 bridgehead atoms. The third kappa shape index (κ3) is 2.36. The van der Waals surface area contributed by atoms with Crippen molar-refractivity contribution in [2.45, 2.75) is 13.3 Å². The predicted octanol–water partition coefficient (Wildman–Crippen LogP) is 1.67. The van der Waals surface area contributed by atoms with Crippen LogP contribution in [0.3, 0.4) is 0 Å². The third-order valence-electron chi connectivity index (χ3n) is 3.20. The fourth-order valence-corrected chi connectivity index (χ4v) is 2.53. The van der Waals surface area contributed by atoms with Gasteiger partial charge in [0.15, 0.2) is 0 Å². The van der Waals surface area contributed by atoms with E-state index in [1.807, 2.05) is 6.92 Å². The zero-order valence-corrected chi connectivity index (χ0v) is 11.8. The molecule has 1 aliphatic heterocycles. The van der Waals surface area contributed by atoms with Crippen molar-refractivity contribution in [2.75, 3.05) is 24.5 Å². The summed E-state index contributed by atoms with van der Waals surface area (Å²) < 4.78 is 0.317. The molecule has 1 aromatic heterocycles. The highest BCUT2D eigenvalue weighted by Gasteiger charge is 2.23. The van der Waals surface area contributed by atoms with Crippen molar-refractivity contribution in [3.05, 3.63) is 27.2 Å². The summed E-state index contributed by atoms with van der Waals surface area (Å²) in [7, 11) is 0. The van der Waals surface area contributed by atoms with Crippen LogP contribution in [-0.2, 0) is 11.2 Å². The second-order valence-electron chi connectivity index (χ2n) is 4.35. The largest absolute Gasteiger partial charge is 0.356 e. The normalized spacial score (nSPS) is 14.3. The van der Waals surface area contributed by atoms with E-state index >= 15 is 0 Å². The number of nitrogens with zero attached hydrogens (tertiary/aromatic N) is 3. The van der Waals surface area contributed by atoms with Crippen LogP contribution in [0.5, 0.6) is 0 Å². The van der Waals surface area contributed by atoms with Crippen LogP contribution in [0.1, 0.15) is 18.1 Å². The Morgan fingerprint density at radius 1 is 1.60 bits per heavy atom. The summed E-state index contributed by atoms with van der Waals surface area (Å²) in [6.45, 7) is 10.6. The van der Waals surface area contributed by atoms with E-state index in [0.717, 1.165) is 0 Å². The zero-order chi connectivity index (χ0) is 14.7. The number of hydrogen-bond acceptors (Lipinski definition) is 4. The molecule has 0 spiro atoms. The Kier molecular flexibility index (Phi) is 4.02. The van der Waals surface area contributed by atoms with Crippen molar-refractivity contribution in [2.24, 2.45) is 0 Å². The lowest BCUT2D eigenvalue weighted by atomic mass is 10.1. The molecule has 102 valence electrons. The highest BCUT2D eigenvalue weighted by molar-refractivity contribution is 7.71. The number of carbonyl (C=O) groups excluding carboxylic acids is 1. The fourth-order valence-electron chi connectivity index (χ4n) is 2.27. The zero-order valence-electron chi connectivity index (χ0n) is 11.0. The lowest BCUT2D eigenvalue weighted by Crippen LogP contribution is -2.48. The predicted molar refractivity (Wildman–Crippen MR) is 77.2 cm³/mol. The highest BCUT2D eigenvalue weighted by Crippen LogP contribution is 2.33. The fraction of sp³-hybridized carbons (Fsp3) is 0.385. The average Bonchev–Trinajstić information content (AvgIpc) is 2.45. The molecule has 0 radical (unpaired) electrons. The molecular formula is C13H13N5OS. The van der Waals surface area contributed by atoms with E-state index < -0.39 is 0 Å². The smallest absolute Gasteiger partial charge is 0.239 e. The van der Waals surface area contributed by atoms with Crippen LogP contribution in [-0.4, -0.2) is 30.5 Å². The standard InChI is InChI=1S/C13H13N5OS/c1-3-8-9(6-14)13(20)17-12(11(8)15-2)18-5-4-16-10(19)7-18/h3-5,7H2,1H3,(H,16,19)(H,17,20). The highest BCUT2D eigenvalue weighted by atomic mass is 32.1. The van der Waals surface area contributed by atoms with Gasteiger partial charge in [-0.05, 0) is 12.0 Å². The minimum atomic E-state index is -0.0890. The van der Waals surface area contributed by atoms with E-state index in [9.17, 15) is 10.1 Å². The van der Waals surface area contributed by atoms with Crippen LogP contribution < -0.4 is 10.2 Å². The molecule has 0 unspecified atom stereocenters. The number of pyridine rings is 1. The number of anilines is 1. The Balaban J connectivity index is 2.63. The molecule has 2 heterocycles. The van der Waals surface area contributed by atoms with Crippen LogP contribution in [0.2, 0.25) is 0 Å². The number of hydrogen-bond donors (Lipinski definition) is 2. The number of nitrogens with one attached hydrogen (secondary N) is 2. The summed E-state index contributed by atoms with van der Waals surface area (Å²) in [5, 5.41) is 11.9. The molecule has 0 aliphatic carbocycles. The Labute approximate surface area is 121 Å². The van der Waals surface area contributed by atoms with Gasteiger partial charge in [-0.2, -0.15) is 5.26 Å². The van der Waals surface area contributed by atoms with Crippen LogP contribution in [0.15, 0.2) is 0 Å². The van der Waals surface area contributed by atoms with Crippen LogP contribution in [0.4, 0.5) is 11.5 Å². The van der Waals surface area contributed by atoms with Gasteiger partial charge in [-0.3, -0.25) is 4.79 Å². The molecule has 1 fully saturated rings. The van der Waals surface area contributed by atoms with Crippen molar-refractivity contribution >= 4 is 29.6 Å². The Morgan fingerprint density at radius 3 is 2.90 bits per heavy atom. The lowest BCUT2D eigenvalue weighted by molar-refractivity contribution is -0.120. The summed E-state index contributed by atoms with van der Waals surface area (Å²) >= 11 is 5.19. The first kappa shape index (κ1) is 14.0. The Hall–Kier alpha value is -2.38. The number of nitriles is 1. The van der Waals surface area contributed by atoms with Crippen molar-refractivity contribution in [1.29, 1.82) is 5.26 Å². The van der Waals surface area contributed by atoms with Crippen LogP contribution >= 0.6 is 12.2 Å². The maximum Gasteiger partial charge on any atom is 0.239 e. The van der Waals surface area contributed by atoms with Gasteiger partial charge in [0.2, 0.25) is 11.6 Å². The van der Waals surface area contributed by atoms with Gasteiger partial charge in [0.05, 0.1) is 18.7 Å². The first-order valence-corrected chi connectivity index (χ1v) is 6.61. The Morgan fingerprint density at radius 2 is 2.35 bits per heavy atom. The van der Waals surface area contributed by atoms with Gasteiger partial charge in [-0.25, -0.2) is 4.85 Å². The van der Waals surface area contributed by atoms with Gasteiger partial charge in [0.25, 0.3) is 0 Å². The van der Waals surface area contributed by atoms with E-state index in [-0.39, 0.29) is 12.5 Å². The molecule has 1 aliphatic rings. The summed E-state index contributed by atoms with van der Waals surface area (Å²) in [5.41, 5.74) is 1.37. The number of H-pyrrole nitrogens is 1. The van der Waals surface area contributed by atoms with E-state index in [4.69, 9.17) is 18.8 Å². The lowest BCUT2D eigenvalue weighted by Gasteiger charge is -2.29. The number of amides is 1. The molecule has 0 atom stereocenters. The second-order valence-corrected chi connectivity index (χ2v) is 4.76. The molecule has 1 aromatic rings. The van der Waals surface area contributed by atoms with Crippen LogP contribution in [0, 0.1) is 22.5 Å². The molecule has 0 aromatic carbocycles. The number of rotatable bonds is 2. The maximum atomic E-state index is 11.5. The number of carbonyl (C=O) groups is 1. The van der Waals surface area contributed by atoms with Crippen molar-refractivity contribution in [3.8, 4) is 6.07 Å². The van der Waals surface area contributed by atoms with E-state index in [1.165, 1.54) is 0 Å². The second kappa shape index (κ2) is 5.72. The Bertz CT molecular complexity index is 694. The van der Waals surface area contributed by atoms with E-state index in [1.54, 1.807) is 4.90 Å². The minimum absolute atomic E-state index is 0.0890. The van der Waals surface area contributed by atoms with Gasteiger partial charge >= 0.3 is 0 Å². The number of piperazine rings is 1. The molecule has 1 amide bonds. The monoisotopic (exact) mass is 287 g/mol. The molecule has 1 saturated heterocycles. The molecule has 2 N–H and O–H groups in total. The van der Waals surface area contributed by atoms with Crippen LogP contribution in [0.25, 0.3) is 4.85 Å². The van der Waals surface area contributed by atoms with Crippen molar-refractivity contribution < 1.29 is 4.79 Å². The molecule has 7 heteroatoms. The van der Waals surface area contributed by atoms with Crippen molar-refractivity contribution in [3.63, 3.8) is 0 Å². The minimum Gasteiger partial charge on any atom is -0.356 e. The topological polar surface area (TPSA) is 76.3 Å². The number of aromatic amines is 1. The van der Waals surface area contributed by atoms with E-state index in [0.29, 0.717) is 46.8 Å². The molecule has 0 saturated carbocycles. The van der Waals surface area contributed by atoms with Gasteiger partial charge in [-0.15, -0.1) is 0 Å². The van der Waals surface area contributed by atoms with Gasteiger partial charge < -0.3 is 15.2 Å². The number of aromatic nitrogens is 1. The van der Waals surface area contributed by atoms with E-state index in [2.05, 4.69) is 21.2 Å². The molecule has 2 rings (SSSR count). The van der Waals surface area contributed by atoms with Gasteiger partial charge in [-0.1, -0.05) is 19.1 Å². The summed E-state index contributed by atoms with van der Waals surface area (Å²) in [6.07, 6.45) is 0.548. The van der Waals surface area contributed by atoms with Gasteiger partial charge in [0, 0.05) is 13.1 Å². The first-order valence-electron chi connectivity index (χ1n) is 6.20. The molecular weight excluding hydrogens is 274 g/mol. The first-order chi connectivity index (χ1) is 9.62. The SMILES string of the molecule is [C-]#[N+]c1c(N2CCNC(=O)C2)[nH]c(=S)c(C#N)c1CC. The summed E-state index contributed by atoms with van der Waals surface area (Å²) in [6, 6.07) is 2.05.